The van der Waals surface area contributed by atoms with Crippen molar-refractivity contribution in [2.24, 2.45) is 11.8 Å². The van der Waals surface area contributed by atoms with Gasteiger partial charge in [-0.1, -0.05) is 12.8 Å². The minimum Gasteiger partial charge on any atom is -0.396 e. The van der Waals surface area contributed by atoms with Gasteiger partial charge in [0.05, 0.1) is 0 Å². The van der Waals surface area contributed by atoms with Crippen molar-refractivity contribution >= 4 is 6.03 Å². The third-order valence-corrected chi connectivity index (χ3v) is 3.25. The van der Waals surface area contributed by atoms with Gasteiger partial charge in [-0.2, -0.15) is 0 Å². The average molecular weight is 228 g/mol. The van der Waals surface area contributed by atoms with Crippen LogP contribution in [0.25, 0.3) is 0 Å². The predicted molar refractivity (Wildman–Crippen MR) is 64.2 cm³/mol. The van der Waals surface area contributed by atoms with Crippen molar-refractivity contribution in [3.8, 4) is 0 Å². The maximum atomic E-state index is 11.4. The molecule has 0 aromatic heterocycles. The molecule has 0 aliphatic heterocycles. The van der Waals surface area contributed by atoms with E-state index in [0.717, 1.165) is 12.8 Å². The Hall–Kier alpha value is -0.770. The molecule has 0 heterocycles. The molecule has 0 aromatic rings. The van der Waals surface area contributed by atoms with E-state index in [1.807, 2.05) is 13.8 Å². The van der Waals surface area contributed by atoms with Crippen LogP contribution in [-0.2, 0) is 0 Å². The van der Waals surface area contributed by atoms with Gasteiger partial charge in [-0.3, -0.25) is 0 Å². The zero-order chi connectivity index (χ0) is 12.0. The highest BCUT2D eigenvalue weighted by molar-refractivity contribution is 5.74. The van der Waals surface area contributed by atoms with Crippen molar-refractivity contribution in [3.63, 3.8) is 0 Å². The molecule has 2 atom stereocenters. The van der Waals surface area contributed by atoms with E-state index >= 15 is 0 Å². The SMILES string of the molecule is CC(C)NC(=O)NCC1CCCCC1CO. The van der Waals surface area contributed by atoms with E-state index in [-0.39, 0.29) is 18.7 Å². The van der Waals surface area contributed by atoms with Crippen molar-refractivity contribution in [2.75, 3.05) is 13.2 Å². The van der Waals surface area contributed by atoms with Gasteiger partial charge in [0.25, 0.3) is 0 Å². The van der Waals surface area contributed by atoms with Gasteiger partial charge in [0.15, 0.2) is 0 Å². The molecule has 1 aliphatic rings. The summed E-state index contributed by atoms with van der Waals surface area (Å²) in [6.07, 6.45) is 4.64. The van der Waals surface area contributed by atoms with Gasteiger partial charge in [-0.05, 0) is 38.5 Å². The van der Waals surface area contributed by atoms with Gasteiger partial charge < -0.3 is 15.7 Å². The zero-order valence-electron chi connectivity index (χ0n) is 10.3. The fourth-order valence-electron chi connectivity index (χ4n) is 2.33. The Labute approximate surface area is 97.8 Å². The van der Waals surface area contributed by atoms with Gasteiger partial charge >= 0.3 is 6.03 Å². The number of urea groups is 1. The number of nitrogens with one attached hydrogen (secondary N) is 2. The summed E-state index contributed by atoms with van der Waals surface area (Å²) in [5.41, 5.74) is 0. The van der Waals surface area contributed by atoms with E-state index in [9.17, 15) is 9.90 Å². The second kappa shape index (κ2) is 6.74. The molecule has 94 valence electrons. The molecule has 2 amide bonds. The van der Waals surface area contributed by atoms with E-state index in [1.54, 1.807) is 0 Å². The van der Waals surface area contributed by atoms with Crippen molar-refractivity contribution < 1.29 is 9.90 Å². The summed E-state index contributed by atoms with van der Waals surface area (Å²) in [7, 11) is 0. The molecule has 1 rings (SSSR count). The molecule has 16 heavy (non-hydrogen) atoms. The summed E-state index contributed by atoms with van der Waals surface area (Å²) in [4.78, 5) is 11.4. The fourth-order valence-corrected chi connectivity index (χ4v) is 2.33. The summed E-state index contributed by atoms with van der Waals surface area (Å²) in [5.74, 6) is 0.810. The lowest BCUT2D eigenvalue weighted by Crippen LogP contribution is -2.43. The molecule has 2 unspecified atom stereocenters. The maximum Gasteiger partial charge on any atom is 0.314 e. The molecular formula is C12H24N2O2. The molecule has 1 saturated carbocycles. The lowest BCUT2D eigenvalue weighted by Gasteiger charge is -2.30. The molecule has 0 spiro atoms. The van der Waals surface area contributed by atoms with Crippen LogP contribution in [0, 0.1) is 11.8 Å². The maximum absolute atomic E-state index is 11.4. The van der Waals surface area contributed by atoms with Gasteiger partial charge in [-0.25, -0.2) is 4.79 Å². The number of carbonyl (C=O) groups is 1. The Morgan fingerprint density at radius 2 is 1.94 bits per heavy atom. The molecule has 0 aromatic carbocycles. The first-order valence-electron chi connectivity index (χ1n) is 6.28. The monoisotopic (exact) mass is 228 g/mol. The van der Waals surface area contributed by atoms with E-state index in [2.05, 4.69) is 10.6 Å². The van der Waals surface area contributed by atoms with Crippen LogP contribution in [0.5, 0.6) is 0 Å². The molecule has 3 N–H and O–H groups in total. The van der Waals surface area contributed by atoms with Crippen LogP contribution in [-0.4, -0.2) is 30.3 Å². The molecule has 0 saturated heterocycles. The van der Waals surface area contributed by atoms with E-state index in [4.69, 9.17) is 0 Å². The van der Waals surface area contributed by atoms with E-state index < -0.39 is 0 Å². The first-order valence-corrected chi connectivity index (χ1v) is 6.28. The molecule has 0 bridgehead atoms. The Morgan fingerprint density at radius 1 is 1.31 bits per heavy atom. The summed E-state index contributed by atoms with van der Waals surface area (Å²) in [5, 5.41) is 14.9. The van der Waals surface area contributed by atoms with Crippen LogP contribution in [0.3, 0.4) is 0 Å². The Kier molecular flexibility index (Phi) is 5.60. The fraction of sp³-hybridized carbons (Fsp3) is 0.917. The number of hydrogen-bond acceptors (Lipinski definition) is 2. The van der Waals surface area contributed by atoms with Crippen molar-refractivity contribution in [2.45, 2.75) is 45.6 Å². The van der Waals surface area contributed by atoms with Gasteiger partial charge in [-0.15, -0.1) is 0 Å². The first kappa shape index (κ1) is 13.3. The first-order chi connectivity index (χ1) is 7.63. The lowest BCUT2D eigenvalue weighted by molar-refractivity contribution is 0.133. The Bertz CT molecular complexity index is 219. The van der Waals surface area contributed by atoms with Gasteiger partial charge in [0, 0.05) is 19.2 Å². The number of carbonyl (C=O) groups excluding carboxylic acids is 1. The normalized spacial score (nSPS) is 25.5. The highest BCUT2D eigenvalue weighted by atomic mass is 16.3. The highest BCUT2D eigenvalue weighted by Gasteiger charge is 2.24. The largest absolute Gasteiger partial charge is 0.396 e. The topological polar surface area (TPSA) is 61.4 Å². The van der Waals surface area contributed by atoms with E-state index in [1.165, 1.54) is 12.8 Å². The number of aliphatic hydroxyl groups excluding tert-OH is 1. The third kappa shape index (κ3) is 4.39. The molecule has 4 nitrogen and oxygen atoms in total. The van der Waals surface area contributed by atoms with Crippen molar-refractivity contribution in [1.29, 1.82) is 0 Å². The van der Waals surface area contributed by atoms with Crippen LogP contribution in [0.2, 0.25) is 0 Å². The Balaban J connectivity index is 2.27. The molecule has 1 aliphatic carbocycles. The minimum atomic E-state index is -0.0998. The Morgan fingerprint density at radius 3 is 2.50 bits per heavy atom. The number of hydrogen-bond donors (Lipinski definition) is 3. The summed E-state index contributed by atoms with van der Waals surface area (Å²) >= 11 is 0. The number of rotatable bonds is 4. The molecular weight excluding hydrogens is 204 g/mol. The smallest absolute Gasteiger partial charge is 0.314 e. The van der Waals surface area contributed by atoms with Crippen molar-refractivity contribution in [3.05, 3.63) is 0 Å². The second-order valence-electron chi connectivity index (χ2n) is 5.00. The van der Waals surface area contributed by atoms with Crippen LogP contribution in [0.4, 0.5) is 4.79 Å². The quantitative estimate of drug-likeness (QED) is 0.682. The van der Waals surface area contributed by atoms with Crippen LogP contribution in [0.1, 0.15) is 39.5 Å². The summed E-state index contributed by atoms with van der Waals surface area (Å²) < 4.78 is 0. The lowest BCUT2D eigenvalue weighted by atomic mass is 9.80. The van der Waals surface area contributed by atoms with E-state index in [0.29, 0.717) is 18.4 Å². The molecule has 4 heteroatoms. The van der Waals surface area contributed by atoms with Crippen LogP contribution < -0.4 is 10.6 Å². The second-order valence-corrected chi connectivity index (χ2v) is 5.00. The number of amides is 2. The minimum absolute atomic E-state index is 0.0998. The predicted octanol–water partition coefficient (Wildman–Crippen LogP) is 1.49. The van der Waals surface area contributed by atoms with Crippen LogP contribution >= 0.6 is 0 Å². The average Bonchev–Trinajstić information content (AvgIpc) is 2.26. The number of aliphatic hydroxyl groups is 1. The molecule has 0 radical (unpaired) electrons. The van der Waals surface area contributed by atoms with Gasteiger partial charge in [0.2, 0.25) is 0 Å². The molecule has 1 fully saturated rings. The standard InChI is InChI=1S/C12H24N2O2/c1-9(2)14-12(16)13-7-10-5-3-4-6-11(10)8-15/h9-11,15H,3-8H2,1-2H3,(H2,13,14,16). The summed E-state index contributed by atoms with van der Waals surface area (Å²) in [6, 6.07) is 0.0669. The van der Waals surface area contributed by atoms with Crippen LogP contribution in [0.15, 0.2) is 0 Å². The third-order valence-electron chi connectivity index (χ3n) is 3.25. The summed E-state index contributed by atoms with van der Waals surface area (Å²) in [6.45, 7) is 4.81. The highest BCUT2D eigenvalue weighted by Crippen LogP contribution is 2.28. The van der Waals surface area contributed by atoms with Gasteiger partial charge in [0.1, 0.15) is 0 Å². The zero-order valence-corrected chi connectivity index (χ0v) is 10.3. The van der Waals surface area contributed by atoms with Crippen molar-refractivity contribution in [1.82, 2.24) is 10.6 Å².